The van der Waals surface area contributed by atoms with Crippen LogP contribution >= 0.6 is 0 Å². The Labute approximate surface area is 158 Å². The number of anilines is 1. The van der Waals surface area contributed by atoms with Gasteiger partial charge >= 0.3 is 0 Å². The zero-order valence-electron chi connectivity index (χ0n) is 15.4. The molecule has 2 aliphatic heterocycles. The van der Waals surface area contributed by atoms with Crippen molar-refractivity contribution < 1.29 is 0 Å². The summed E-state index contributed by atoms with van der Waals surface area (Å²) in [4.78, 5) is 17.8. The smallest absolute Gasteiger partial charge is 0.225 e. The molecule has 27 heavy (non-hydrogen) atoms. The maximum absolute atomic E-state index is 4.89. The van der Waals surface area contributed by atoms with Crippen molar-refractivity contribution in [2.45, 2.75) is 45.6 Å². The van der Waals surface area contributed by atoms with Crippen LogP contribution in [0.15, 0.2) is 37.1 Å². The van der Waals surface area contributed by atoms with Gasteiger partial charge in [0.25, 0.3) is 0 Å². The molecular weight excluding hydrogens is 340 g/mol. The maximum atomic E-state index is 4.89. The molecule has 0 fully saturated rings. The van der Waals surface area contributed by atoms with Crippen LogP contribution in [0.2, 0.25) is 0 Å². The van der Waals surface area contributed by atoms with Crippen LogP contribution in [0.1, 0.15) is 29.9 Å². The zero-order valence-corrected chi connectivity index (χ0v) is 15.4. The van der Waals surface area contributed by atoms with E-state index in [9.17, 15) is 0 Å². The Bertz CT molecular complexity index is 900. The highest BCUT2D eigenvalue weighted by molar-refractivity contribution is 5.31. The van der Waals surface area contributed by atoms with Crippen molar-refractivity contribution in [2.75, 3.05) is 18.0 Å². The van der Waals surface area contributed by atoms with Crippen molar-refractivity contribution in [3.05, 3.63) is 54.1 Å². The molecule has 3 aromatic heterocycles. The van der Waals surface area contributed by atoms with E-state index >= 15 is 0 Å². The minimum atomic E-state index is 0.800. The van der Waals surface area contributed by atoms with E-state index < -0.39 is 0 Å². The van der Waals surface area contributed by atoms with E-state index in [1.807, 2.05) is 18.6 Å². The second-order valence-electron chi connectivity index (χ2n) is 7.32. The number of hydrogen-bond donors (Lipinski definition) is 0. The lowest BCUT2D eigenvalue weighted by molar-refractivity contribution is 0.256. The number of imidazole rings is 1. The molecule has 3 aromatic rings. The first kappa shape index (κ1) is 16.4. The third-order valence-electron chi connectivity index (χ3n) is 5.34. The highest BCUT2D eigenvalue weighted by Crippen LogP contribution is 2.19. The summed E-state index contributed by atoms with van der Waals surface area (Å²) in [5.74, 6) is 0.800. The van der Waals surface area contributed by atoms with Crippen LogP contribution in [0, 0.1) is 0 Å². The standard InChI is InChI=1S/C19H24N8/c1-4-21-19(22-5-1)25-7-3-9-27-17(14-25)10-16(23-27)12-24-6-2-8-26-15-20-11-18(26)13-24/h1,4-5,10-11,15H,2-3,6-9,12-14H2. The average molecular weight is 364 g/mol. The predicted molar refractivity (Wildman–Crippen MR) is 101 cm³/mol. The zero-order chi connectivity index (χ0) is 18.1. The van der Waals surface area contributed by atoms with Crippen LogP contribution in [0.3, 0.4) is 0 Å². The summed E-state index contributed by atoms with van der Waals surface area (Å²) in [5, 5.41) is 4.89. The number of hydrogen-bond acceptors (Lipinski definition) is 6. The number of rotatable bonds is 3. The third-order valence-corrected chi connectivity index (χ3v) is 5.34. The van der Waals surface area contributed by atoms with Gasteiger partial charge in [-0.15, -0.1) is 0 Å². The Kier molecular flexibility index (Phi) is 4.33. The lowest BCUT2D eigenvalue weighted by atomic mass is 10.3. The Morgan fingerprint density at radius 3 is 2.74 bits per heavy atom. The Morgan fingerprint density at radius 1 is 0.926 bits per heavy atom. The second-order valence-corrected chi connectivity index (χ2v) is 7.32. The van der Waals surface area contributed by atoms with Gasteiger partial charge in [0.2, 0.25) is 5.95 Å². The van der Waals surface area contributed by atoms with Crippen molar-refractivity contribution in [3.63, 3.8) is 0 Å². The van der Waals surface area contributed by atoms with Crippen molar-refractivity contribution >= 4 is 5.95 Å². The molecule has 0 spiro atoms. The van der Waals surface area contributed by atoms with Crippen molar-refractivity contribution in [1.82, 2.24) is 34.2 Å². The fraction of sp³-hybridized carbons (Fsp3) is 0.474. The molecule has 0 saturated carbocycles. The van der Waals surface area contributed by atoms with Crippen LogP contribution in [-0.4, -0.2) is 47.3 Å². The van der Waals surface area contributed by atoms with Gasteiger partial charge in [-0.05, 0) is 25.0 Å². The van der Waals surface area contributed by atoms with Gasteiger partial charge in [-0.3, -0.25) is 9.58 Å². The highest BCUT2D eigenvalue weighted by atomic mass is 15.3. The molecule has 0 bridgehead atoms. The molecule has 0 N–H and O–H groups in total. The number of aryl methyl sites for hydroxylation is 2. The highest BCUT2D eigenvalue weighted by Gasteiger charge is 2.20. The van der Waals surface area contributed by atoms with Gasteiger partial charge in [0.1, 0.15) is 0 Å². The first-order valence-electron chi connectivity index (χ1n) is 9.64. The molecular formula is C19H24N8. The minimum absolute atomic E-state index is 0.800. The molecule has 2 aliphatic rings. The van der Waals surface area contributed by atoms with E-state index in [1.165, 1.54) is 11.4 Å². The third kappa shape index (κ3) is 3.44. The van der Waals surface area contributed by atoms with Crippen molar-refractivity contribution in [2.24, 2.45) is 0 Å². The summed E-state index contributed by atoms with van der Waals surface area (Å²) in [6.45, 7) is 6.68. The molecule has 0 atom stereocenters. The van der Waals surface area contributed by atoms with Crippen LogP contribution in [-0.2, 0) is 32.7 Å². The monoisotopic (exact) mass is 364 g/mol. The summed E-state index contributed by atoms with van der Waals surface area (Å²) < 4.78 is 4.43. The minimum Gasteiger partial charge on any atom is -0.335 e. The lowest BCUT2D eigenvalue weighted by Crippen LogP contribution is -2.24. The summed E-state index contributed by atoms with van der Waals surface area (Å²) in [7, 11) is 0. The predicted octanol–water partition coefficient (Wildman–Crippen LogP) is 1.69. The molecule has 0 radical (unpaired) electrons. The van der Waals surface area contributed by atoms with Gasteiger partial charge in [-0.25, -0.2) is 15.0 Å². The molecule has 0 unspecified atom stereocenters. The SMILES string of the molecule is c1cnc(N2CCCn3nc(CN4CCCn5cncc5C4)cc3C2)nc1. The van der Waals surface area contributed by atoms with Gasteiger partial charge in [-0.2, -0.15) is 5.10 Å². The van der Waals surface area contributed by atoms with E-state index in [-0.39, 0.29) is 0 Å². The molecule has 5 rings (SSSR count). The first-order valence-corrected chi connectivity index (χ1v) is 9.64. The van der Waals surface area contributed by atoms with Crippen molar-refractivity contribution in [3.8, 4) is 0 Å². The lowest BCUT2D eigenvalue weighted by Gasteiger charge is -2.19. The second kappa shape index (κ2) is 7.11. The van der Waals surface area contributed by atoms with Gasteiger partial charge in [0.15, 0.2) is 0 Å². The molecule has 8 heteroatoms. The van der Waals surface area contributed by atoms with Crippen LogP contribution in [0.4, 0.5) is 5.95 Å². The topological polar surface area (TPSA) is 67.9 Å². The quantitative estimate of drug-likeness (QED) is 0.704. The Balaban J connectivity index is 1.32. The largest absolute Gasteiger partial charge is 0.335 e. The molecule has 140 valence electrons. The fourth-order valence-electron chi connectivity index (χ4n) is 4.04. The summed E-state index contributed by atoms with van der Waals surface area (Å²) >= 11 is 0. The average Bonchev–Trinajstić information content (AvgIpc) is 3.16. The van der Waals surface area contributed by atoms with Gasteiger partial charge in [-0.1, -0.05) is 0 Å². The van der Waals surface area contributed by atoms with Gasteiger partial charge in [0, 0.05) is 57.9 Å². The fourth-order valence-corrected chi connectivity index (χ4v) is 4.04. The summed E-state index contributed by atoms with van der Waals surface area (Å²) in [6.07, 6.45) is 9.74. The van der Waals surface area contributed by atoms with Gasteiger partial charge in [0.05, 0.1) is 30.0 Å². The van der Waals surface area contributed by atoms with E-state index in [2.05, 4.69) is 40.1 Å². The van der Waals surface area contributed by atoms with Crippen molar-refractivity contribution in [1.29, 1.82) is 0 Å². The van der Waals surface area contributed by atoms with E-state index in [0.29, 0.717) is 0 Å². The number of nitrogens with zero attached hydrogens (tertiary/aromatic N) is 8. The normalized spacial score (nSPS) is 17.9. The van der Waals surface area contributed by atoms with E-state index in [1.54, 1.807) is 12.4 Å². The number of fused-ring (bicyclic) bond motifs is 2. The van der Waals surface area contributed by atoms with E-state index in [4.69, 9.17) is 5.10 Å². The Hall–Kier alpha value is -2.74. The molecule has 0 saturated heterocycles. The number of aromatic nitrogens is 6. The molecule has 0 aliphatic carbocycles. The van der Waals surface area contributed by atoms with Gasteiger partial charge < -0.3 is 9.47 Å². The molecule has 5 heterocycles. The molecule has 0 aromatic carbocycles. The first-order chi connectivity index (χ1) is 13.3. The summed E-state index contributed by atoms with van der Waals surface area (Å²) in [5.41, 5.74) is 3.68. The molecule has 0 amide bonds. The van der Waals surface area contributed by atoms with E-state index in [0.717, 1.165) is 70.3 Å². The Morgan fingerprint density at radius 2 is 1.81 bits per heavy atom. The summed E-state index contributed by atoms with van der Waals surface area (Å²) in [6, 6.07) is 4.11. The molecule has 8 nitrogen and oxygen atoms in total. The maximum Gasteiger partial charge on any atom is 0.225 e. The van der Waals surface area contributed by atoms with Crippen LogP contribution in [0.25, 0.3) is 0 Å². The van der Waals surface area contributed by atoms with Crippen LogP contribution in [0.5, 0.6) is 0 Å². The van der Waals surface area contributed by atoms with Crippen LogP contribution < -0.4 is 4.90 Å².